The lowest BCUT2D eigenvalue weighted by Crippen LogP contribution is -2.41. The van der Waals surface area contributed by atoms with Crippen LogP contribution in [0.15, 0.2) is 110 Å². The molecule has 1 aliphatic rings. The molecule has 4 heterocycles. The SMILES string of the molecule is COC(=O)NC(C(=O)NC(C)c1ncc(-c2cnc(-c3ccc(-c4cnc([C@@H]5CCCN5C(=O)[C@H](OC(N)=O)c5ccccc5)[nH]4)cc3)nc2)[nH]1)c1ccccc1. The van der Waals surface area contributed by atoms with Gasteiger partial charge in [-0.3, -0.25) is 9.59 Å². The highest BCUT2D eigenvalue weighted by Crippen LogP contribution is 2.35. The molecular weight excluding hydrogens is 729 g/mol. The number of nitrogens with two attached hydrogens (primary N) is 1. The van der Waals surface area contributed by atoms with Gasteiger partial charge in [-0.15, -0.1) is 0 Å². The number of nitrogens with zero attached hydrogens (tertiary/aromatic N) is 5. The van der Waals surface area contributed by atoms with E-state index in [1.54, 1.807) is 85.1 Å². The summed E-state index contributed by atoms with van der Waals surface area (Å²) in [5.74, 6) is 0.876. The lowest BCUT2D eigenvalue weighted by atomic mass is 10.1. The van der Waals surface area contributed by atoms with E-state index in [4.69, 9.17) is 15.2 Å². The number of primary amides is 1. The van der Waals surface area contributed by atoms with Crippen molar-refractivity contribution in [2.24, 2.45) is 5.73 Å². The van der Waals surface area contributed by atoms with Crippen molar-refractivity contribution in [2.75, 3.05) is 13.7 Å². The highest BCUT2D eigenvalue weighted by molar-refractivity contribution is 5.87. The Morgan fingerprint density at radius 2 is 1.40 bits per heavy atom. The summed E-state index contributed by atoms with van der Waals surface area (Å²) in [6.07, 6.45) is 5.32. The van der Waals surface area contributed by atoms with Crippen molar-refractivity contribution in [1.29, 1.82) is 0 Å². The summed E-state index contributed by atoms with van der Waals surface area (Å²) >= 11 is 0. The first-order valence-corrected chi connectivity index (χ1v) is 18.2. The molecule has 4 atom stereocenters. The van der Waals surface area contributed by atoms with Crippen molar-refractivity contribution < 1.29 is 28.7 Å². The molecule has 0 aliphatic carbocycles. The van der Waals surface area contributed by atoms with Gasteiger partial charge in [0.25, 0.3) is 5.91 Å². The molecule has 16 heteroatoms. The topological polar surface area (TPSA) is 223 Å². The van der Waals surface area contributed by atoms with Crippen LogP contribution in [-0.2, 0) is 19.1 Å². The number of benzene rings is 3. The highest BCUT2D eigenvalue weighted by Gasteiger charge is 2.38. The van der Waals surface area contributed by atoms with Crippen LogP contribution < -0.4 is 16.4 Å². The third kappa shape index (κ3) is 8.64. The van der Waals surface area contributed by atoms with Crippen molar-refractivity contribution in [3.05, 3.63) is 132 Å². The second-order valence-electron chi connectivity index (χ2n) is 13.4. The Hall–Kier alpha value is -7.36. The van der Waals surface area contributed by atoms with E-state index in [1.807, 2.05) is 36.4 Å². The molecule has 0 bridgehead atoms. The molecular formula is C41H40N10O6. The van der Waals surface area contributed by atoms with Gasteiger partial charge in [0.15, 0.2) is 5.82 Å². The van der Waals surface area contributed by atoms with Gasteiger partial charge in [0.05, 0.1) is 43.0 Å². The van der Waals surface area contributed by atoms with E-state index in [0.717, 1.165) is 23.2 Å². The molecule has 2 unspecified atom stereocenters. The summed E-state index contributed by atoms with van der Waals surface area (Å²) in [5.41, 5.74) is 10.3. The number of hydrogen-bond acceptors (Lipinski definition) is 10. The number of aromatic amines is 2. The zero-order chi connectivity index (χ0) is 39.9. The fraction of sp³-hybridized carbons (Fsp3) is 0.220. The van der Waals surface area contributed by atoms with Crippen molar-refractivity contribution in [3.8, 4) is 33.9 Å². The van der Waals surface area contributed by atoms with Gasteiger partial charge in [0.2, 0.25) is 12.0 Å². The van der Waals surface area contributed by atoms with E-state index >= 15 is 0 Å². The maximum absolute atomic E-state index is 13.7. The summed E-state index contributed by atoms with van der Waals surface area (Å²) in [4.78, 5) is 77.1. The van der Waals surface area contributed by atoms with E-state index in [2.05, 4.69) is 40.5 Å². The van der Waals surface area contributed by atoms with E-state index in [0.29, 0.717) is 52.8 Å². The first-order valence-electron chi connectivity index (χ1n) is 18.2. The van der Waals surface area contributed by atoms with Crippen LogP contribution in [0.25, 0.3) is 33.9 Å². The number of imidazole rings is 2. The van der Waals surface area contributed by atoms with Crippen LogP contribution in [0.2, 0.25) is 0 Å². The number of hydrogen-bond donors (Lipinski definition) is 5. The van der Waals surface area contributed by atoms with Gasteiger partial charge in [-0.25, -0.2) is 29.5 Å². The zero-order valence-corrected chi connectivity index (χ0v) is 31.1. The summed E-state index contributed by atoms with van der Waals surface area (Å²) < 4.78 is 9.99. The van der Waals surface area contributed by atoms with Gasteiger partial charge >= 0.3 is 12.2 Å². The third-order valence-corrected chi connectivity index (χ3v) is 9.63. The lowest BCUT2D eigenvalue weighted by molar-refractivity contribution is -0.141. The average molecular weight is 769 g/mol. The minimum Gasteiger partial charge on any atom is -0.453 e. The molecule has 0 spiro atoms. The van der Waals surface area contributed by atoms with Crippen LogP contribution in [0.4, 0.5) is 9.59 Å². The highest BCUT2D eigenvalue weighted by atomic mass is 16.6. The number of methoxy groups -OCH3 is 1. The summed E-state index contributed by atoms with van der Waals surface area (Å²) in [6, 6.07) is 23.6. The number of H-pyrrole nitrogens is 2. The minimum atomic E-state index is -1.15. The standard InChI is InChI=1S/C41H40N10O6/c1-24(47-38(52)33(50-41(55)56-2)26-10-5-3-6-11-26)35-45-23-31(48-35)29-20-43-36(44-21-29)28-17-15-25(16-18-28)30-22-46-37(49-30)32-14-9-19-51(32)39(53)34(57-40(42)54)27-12-7-4-8-13-27/h3-8,10-13,15-18,20-24,32-34H,9,14,19H2,1-2H3,(H2,42,54)(H,45,48)(H,46,49)(H,47,52)(H,50,55)/t24?,32-,33?,34+/m0/s1. The molecule has 16 nitrogen and oxygen atoms in total. The number of carbonyl (C=O) groups is 4. The molecule has 3 aromatic heterocycles. The maximum Gasteiger partial charge on any atom is 0.407 e. The molecule has 4 amide bonds. The van der Waals surface area contributed by atoms with Crippen LogP contribution in [-0.4, -0.2) is 72.5 Å². The number of likely N-dealkylation sites (tertiary alicyclic amines) is 1. The molecule has 1 fully saturated rings. The van der Waals surface area contributed by atoms with Crippen LogP contribution >= 0.6 is 0 Å². The van der Waals surface area contributed by atoms with E-state index in [9.17, 15) is 19.2 Å². The van der Waals surface area contributed by atoms with Crippen molar-refractivity contribution in [2.45, 2.75) is 44.0 Å². The molecule has 0 saturated carbocycles. The van der Waals surface area contributed by atoms with E-state index < -0.39 is 36.3 Å². The Bertz CT molecular complexity index is 2330. The quantitative estimate of drug-likeness (QED) is 0.102. The van der Waals surface area contributed by atoms with Gasteiger partial charge in [-0.05, 0) is 30.9 Å². The van der Waals surface area contributed by atoms with Gasteiger partial charge in [0.1, 0.15) is 17.7 Å². The number of nitrogens with one attached hydrogen (secondary N) is 4. The van der Waals surface area contributed by atoms with Crippen molar-refractivity contribution in [1.82, 2.24) is 45.4 Å². The lowest BCUT2D eigenvalue weighted by Gasteiger charge is -2.27. The average Bonchev–Trinajstić information content (AvgIpc) is 4.04. The van der Waals surface area contributed by atoms with Gasteiger partial charge in [0, 0.05) is 35.6 Å². The number of alkyl carbamates (subject to hydrolysis) is 1. The van der Waals surface area contributed by atoms with E-state index in [1.165, 1.54) is 7.11 Å². The van der Waals surface area contributed by atoms with Crippen molar-refractivity contribution in [3.63, 3.8) is 0 Å². The molecule has 1 aliphatic heterocycles. The third-order valence-electron chi connectivity index (χ3n) is 9.63. The maximum atomic E-state index is 13.7. The normalized spacial score (nSPS) is 15.3. The van der Waals surface area contributed by atoms with Crippen LogP contribution in [0.5, 0.6) is 0 Å². The predicted molar refractivity (Wildman–Crippen MR) is 207 cm³/mol. The molecule has 290 valence electrons. The number of amides is 4. The Morgan fingerprint density at radius 1 is 0.772 bits per heavy atom. The predicted octanol–water partition coefficient (Wildman–Crippen LogP) is 5.70. The molecule has 1 saturated heterocycles. The number of ether oxygens (including phenoxy) is 2. The summed E-state index contributed by atoms with van der Waals surface area (Å²) in [7, 11) is 1.24. The second kappa shape index (κ2) is 17.0. The number of carbonyl (C=O) groups excluding carboxylic acids is 4. The first-order chi connectivity index (χ1) is 27.7. The molecule has 0 radical (unpaired) electrons. The summed E-state index contributed by atoms with van der Waals surface area (Å²) in [6.45, 7) is 2.27. The first kappa shape index (κ1) is 37.9. The number of rotatable bonds is 12. The Labute approximate surface area is 327 Å². The van der Waals surface area contributed by atoms with E-state index in [-0.39, 0.29) is 11.9 Å². The molecule has 3 aromatic carbocycles. The Morgan fingerprint density at radius 3 is 2.07 bits per heavy atom. The molecule has 57 heavy (non-hydrogen) atoms. The van der Waals surface area contributed by atoms with Crippen LogP contribution in [0, 0.1) is 0 Å². The monoisotopic (exact) mass is 768 g/mol. The Balaban J connectivity index is 0.990. The smallest absolute Gasteiger partial charge is 0.407 e. The summed E-state index contributed by atoms with van der Waals surface area (Å²) in [5, 5.41) is 5.48. The molecule has 6 N–H and O–H groups in total. The largest absolute Gasteiger partial charge is 0.453 e. The molecule has 7 rings (SSSR count). The zero-order valence-electron chi connectivity index (χ0n) is 31.1. The van der Waals surface area contributed by atoms with Crippen LogP contribution in [0.1, 0.15) is 66.8 Å². The fourth-order valence-electron chi connectivity index (χ4n) is 6.73. The van der Waals surface area contributed by atoms with Gasteiger partial charge < -0.3 is 40.7 Å². The van der Waals surface area contributed by atoms with Crippen molar-refractivity contribution >= 4 is 24.0 Å². The molecule has 6 aromatic rings. The fourth-order valence-corrected chi connectivity index (χ4v) is 6.73. The van der Waals surface area contributed by atoms with Gasteiger partial charge in [-0.2, -0.15) is 0 Å². The minimum absolute atomic E-state index is 0.324. The number of aromatic nitrogens is 6. The van der Waals surface area contributed by atoms with Gasteiger partial charge in [-0.1, -0.05) is 84.9 Å². The Kier molecular flexibility index (Phi) is 11.3. The second-order valence-corrected chi connectivity index (χ2v) is 13.4. The van der Waals surface area contributed by atoms with Crippen LogP contribution in [0.3, 0.4) is 0 Å².